The molecule has 1 unspecified atom stereocenters. The van der Waals surface area contributed by atoms with E-state index in [0.29, 0.717) is 24.8 Å². The number of carbonyl (C=O) groups is 3. The van der Waals surface area contributed by atoms with Crippen molar-refractivity contribution < 1.29 is 19.1 Å². The molecule has 0 radical (unpaired) electrons. The maximum Gasteiger partial charge on any atom is 0.306 e. The van der Waals surface area contributed by atoms with Gasteiger partial charge in [-0.3, -0.25) is 9.59 Å². The molecular weight excluding hydrogens is 196 g/mol. The number of ether oxygens (including phenoxy) is 1. The van der Waals surface area contributed by atoms with Gasteiger partial charge in [-0.05, 0) is 19.4 Å². The first-order valence-electron chi connectivity index (χ1n) is 4.90. The average molecular weight is 212 g/mol. The molecule has 0 aromatic heterocycles. The Balaban J connectivity index is 4.45. The highest BCUT2D eigenvalue weighted by atomic mass is 16.5. The standard InChI is InChI=1S/C11H16O4/c1-3-9(8-13)10(5-6-12)7-11(14)15-4-2/h3,6,8,10H,4-5,7H2,1-2H3. The van der Waals surface area contributed by atoms with Gasteiger partial charge >= 0.3 is 5.97 Å². The number of aldehydes is 2. The van der Waals surface area contributed by atoms with E-state index in [2.05, 4.69) is 0 Å². The lowest BCUT2D eigenvalue weighted by Gasteiger charge is -2.12. The predicted molar refractivity (Wildman–Crippen MR) is 55.2 cm³/mol. The van der Waals surface area contributed by atoms with E-state index in [0.717, 1.165) is 0 Å². The van der Waals surface area contributed by atoms with Crippen LogP contribution in [0.1, 0.15) is 26.7 Å². The number of hydrogen-bond donors (Lipinski definition) is 0. The van der Waals surface area contributed by atoms with Crippen LogP contribution in [0.5, 0.6) is 0 Å². The molecule has 4 heteroatoms. The first-order valence-corrected chi connectivity index (χ1v) is 4.90. The molecule has 0 aliphatic heterocycles. The molecule has 0 saturated carbocycles. The van der Waals surface area contributed by atoms with Gasteiger partial charge in [-0.25, -0.2) is 0 Å². The van der Waals surface area contributed by atoms with Crippen molar-refractivity contribution in [3.05, 3.63) is 11.6 Å². The Labute approximate surface area is 89.3 Å². The largest absolute Gasteiger partial charge is 0.466 e. The van der Waals surface area contributed by atoms with Crippen LogP contribution < -0.4 is 0 Å². The second-order valence-corrected chi connectivity index (χ2v) is 3.01. The maximum absolute atomic E-state index is 11.2. The molecule has 84 valence electrons. The van der Waals surface area contributed by atoms with Crippen LogP contribution in [0, 0.1) is 5.92 Å². The smallest absolute Gasteiger partial charge is 0.306 e. The summed E-state index contributed by atoms with van der Waals surface area (Å²) in [4.78, 5) is 32.2. The van der Waals surface area contributed by atoms with Crippen LogP contribution >= 0.6 is 0 Å². The van der Waals surface area contributed by atoms with E-state index < -0.39 is 0 Å². The van der Waals surface area contributed by atoms with Gasteiger partial charge < -0.3 is 9.53 Å². The molecule has 0 heterocycles. The summed E-state index contributed by atoms with van der Waals surface area (Å²) in [6, 6.07) is 0. The Hall–Kier alpha value is -1.45. The van der Waals surface area contributed by atoms with Crippen molar-refractivity contribution >= 4 is 18.5 Å². The molecule has 0 amide bonds. The second kappa shape index (κ2) is 7.91. The fraction of sp³-hybridized carbons (Fsp3) is 0.545. The van der Waals surface area contributed by atoms with Gasteiger partial charge in [-0.15, -0.1) is 0 Å². The molecular formula is C11H16O4. The number of rotatable bonds is 7. The number of allylic oxidation sites excluding steroid dienone is 2. The summed E-state index contributed by atoms with van der Waals surface area (Å²) in [7, 11) is 0. The summed E-state index contributed by atoms with van der Waals surface area (Å²) in [6.45, 7) is 3.72. The van der Waals surface area contributed by atoms with Crippen molar-refractivity contribution in [2.24, 2.45) is 5.92 Å². The lowest BCUT2D eigenvalue weighted by atomic mass is 9.93. The highest BCUT2D eigenvalue weighted by Gasteiger charge is 2.17. The molecule has 0 aromatic rings. The molecule has 1 atom stereocenters. The Morgan fingerprint density at radius 2 is 2.07 bits per heavy atom. The van der Waals surface area contributed by atoms with Gasteiger partial charge in [0, 0.05) is 12.3 Å². The third-order valence-corrected chi connectivity index (χ3v) is 2.04. The van der Waals surface area contributed by atoms with Gasteiger partial charge in [-0.1, -0.05) is 6.08 Å². The summed E-state index contributed by atoms with van der Waals surface area (Å²) in [5, 5.41) is 0. The zero-order chi connectivity index (χ0) is 11.7. The molecule has 0 rings (SSSR count). The van der Waals surface area contributed by atoms with E-state index in [1.165, 1.54) is 0 Å². The first-order chi connectivity index (χ1) is 7.19. The Morgan fingerprint density at radius 3 is 2.47 bits per heavy atom. The van der Waals surface area contributed by atoms with E-state index in [4.69, 9.17) is 4.74 Å². The second-order valence-electron chi connectivity index (χ2n) is 3.01. The highest BCUT2D eigenvalue weighted by Crippen LogP contribution is 2.17. The maximum atomic E-state index is 11.2. The molecule has 0 spiro atoms. The SMILES string of the molecule is CC=C(C=O)C(CC=O)CC(=O)OCC. The van der Waals surface area contributed by atoms with Crippen molar-refractivity contribution in [2.75, 3.05) is 6.61 Å². The first kappa shape index (κ1) is 13.5. The molecule has 0 saturated heterocycles. The topological polar surface area (TPSA) is 60.4 Å². The number of carbonyl (C=O) groups excluding carboxylic acids is 3. The quantitative estimate of drug-likeness (QED) is 0.362. The summed E-state index contributed by atoms with van der Waals surface area (Å²) >= 11 is 0. The van der Waals surface area contributed by atoms with Gasteiger partial charge in [0.2, 0.25) is 0 Å². The van der Waals surface area contributed by atoms with Crippen molar-refractivity contribution in [1.82, 2.24) is 0 Å². The molecule has 4 nitrogen and oxygen atoms in total. The molecule has 0 fully saturated rings. The van der Waals surface area contributed by atoms with Crippen LogP contribution in [-0.4, -0.2) is 25.1 Å². The molecule has 15 heavy (non-hydrogen) atoms. The zero-order valence-corrected chi connectivity index (χ0v) is 9.06. The number of esters is 1. The van der Waals surface area contributed by atoms with E-state index in [-0.39, 0.29) is 24.7 Å². The zero-order valence-electron chi connectivity index (χ0n) is 9.06. The fourth-order valence-electron chi connectivity index (χ4n) is 1.27. The Morgan fingerprint density at radius 1 is 1.40 bits per heavy atom. The summed E-state index contributed by atoms with van der Waals surface area (Å²) in [5.74, 6) is -0.741. The summed E-state index contributed by atoms with van der Waals surface area (Å²) in [6.07, 6.45) is 3.23. The van der Waals surface area contributed by atoms with Crippen molar-refractivity contribution in [2.45, 2.75) is 26.7 Å². The normalized spacial score (nSPS) is 13.1. The minimum atomic E-state index is -0.384. The predicted octanol–water partition coefficient (Wildman–Crippen LogP) is 1.29. The number of hydrogen-bond acceptors (Lipinski definition) is 4. The molecule has 0 aliphatic rings. The minimum absolute atomic E-state index is 0.0744. The van der Waals surface area contributed by atoms with Crippen LogP contribution in [0.25, 0.3) is 0 Å². The Kier molecular flexibility index (Phi) is 7.14. The molecule has 0 bridgehead atoms. The van der Waals surface area contributed by atoms with Crippen LogP contribution in [0.3, 0.4) is 0 Å². The lowest BCUT2D eigenvalue weighted by Crippen LogP contribution is -2.14. The van der Waals surface area contributed by atoms with E-state index in [1.54, 1.807) is 19.9 Å². The van der Waals surface area contributed by atoms with Crippen LogP contribution in [0.2, 0.25) is 0 Å². The fourth-order valence-corrected chi connectivity index (χ4v) is 1.27. The van der Waals surface area contributed by atoms with Gasteiger partial charge in [0.15, 0.2) is 0 Å². The van der Waals surface area contributed by atoms with Crippen molar-refractivity contribution in [1.29, 1.82) is 0 Å². The average Bonchev–Trinajstić information content (AvgIpc) is 2.20. The highest BCUT2D eigenvalue weighted by molar-refractivity contribution is 5.78. The van der Waals surface area contributed by atoms with E-state index in [1.807, 2.05) is 0 Å². The Bertz CT molecular complexity index is 255. The van der Waals surface area contributed by atoms with Gasteiger partial charge in [0.25, 0.3) is 0 Å². The minimum Gasteiger partial charge on any atom is -0.466 e. The van der Waals surface area contributed by atoms with Gasteiger partial charge in [-0.2, -0.15) is 0 Å². The van der Waals surface area contributed by atoms with E-state index >= 15 is 0 Å². The summed E-state index contributed by atoms with van der Waals surface area (Å²) < 4.78 is 4.76. The van der Waals surface area contributed by atoms with Crippen molar-refractivity contribution in [3.63, 3.8) is 0 Å². The van der Waals surface area contributed by atoms with Crippen molar-refractivity contribution in [3.8, 4) is 0 Å². The third-order valence-electron chi connectivity index (χ3n) is 2.04. The molecule has 0 aromatic carbocycles. The van der Waals surface area contributed by atoms with Crippen LogP contribution in [0.4, 0.5) is 0 Å². The molecule has 0 aliphatic carbocycles. The van der Waals surface area contributed by atoms with E-state index in [9.17, 15) is 14.4 Å². The monoisotopic (exact) mass is 212 g/mol. The lowest BCUT2D eigenvalue weighted by molar-refractivity contribution is -0.143. The van der Waals surface area contributed by atoms with Gasteiger partial charge in [0.05, 0.1) is 13.0 Å². The molecule has 0 N–H and O–H groups in total. The third kappa shape index (κ3) is 5.10. The van der Waals surface area contributed by atoms with Gasteiger partial charge in [0.1, 0.15) is 12.6 Å². The van der Waals surface area contributed by atoms with Crippen LogP contribution in [-0.2, 0) is 19.1 Å². The summed E-state index contributed by atoms with van der Waals surface area (Å²) in [5.41, 5.74) is 0.468. The van der Waals surface area contributed by atoms with Crippen LogP contribution in [0.15, 0.2) is 11.6 Å².